The molecular weight excluding hydrogens is 454 g/mol. The summed E-state index contributed by atoms with van der Waals surface area (Å²) in [6.45, 7) is 6.66. The molecule has 0 bridgehead atoms. The standard InChI is InChI=1S/C28H33N5O3/c1-27(2,36)18-32-17-21(16-30-32)20-6-4-5-19(13-20)14-25(34)31-24-15-23(9-11-29-24)33-12-10-28(3,26(33)35)22-7-8-22/h4-6,9,11,13,15-17,22,36H,7-8,10,12,14,18H2,1-3H3,(H,29,31,34)/t28-/m0/s1. The summed E-state index contributed by atoms with van der Waals surface area (Å²) in [5.41, 5.74) is 2.40. The van der Waals surface area contributed by atoms with E-state index in [0.717, 1.165) is 41.6 Å². The molecule has 1 saturated carbocycles. The Hall–Kier alpha value is -3.52. The normalized spacial score (nSPS) is 20.1. The Morgan fingerprint density at radius 3 is 2.78 bits per heavy atom. The van der Waals surface area contributed by atoms with Gasteiger partial charge in [-0.1, -0.05) is 31.2 Å². The lowest BCUT2D eigenvalue weighted by atomic mass is 9.83. The van der Waals surface area contributed by atoms with E-state index in [1.165, 1.54) is 0 Å². The zero-order valence-corrected chi connectivity index (χ0v) is 21.1. The number of carbonyl (C=O) groups excluding carboxylic acids is 2. The minimum Gasteiger partial charge on any atom is -0.389 e. The van der Waals surface area contributed by atoms with Gasteiger partial charge in [-0.3, -0.25) is 14.3 Å². The predicted molar refractivity (Wildman–Crippen MR) is 138 cm³/mol. The molecule has 1 atom stereocenters. The van der Waals surface area contributed by atoms with Gasteiger partial charge in [-0.15, -0.1) is 0 Å². The van der Waals surface area contributed by atoms with Crippen molar-refractivity contribution in [3.8, 4) is 11.1 Å². The van der Waals surface area contributed by atoms with E-state index in [1.807, 2.05) is 41.4 Å². The molecule has 2 amide bonds. The van der Waals surface area contributed by atoms with Gasteiger partial charge >= 0.3 is 0 Å². The first-order chi connectivity index (χ1) is 17.1. The molecule has 1 aromatic carbocycles. The number of amides is 2. The molecule has 2 fully saturated rings. The zero-order valence-electron chi connectivity index (χ0n) is 21.1. The first-order valence-corrected chi connectivity index (χ1v) is 12.5. The summed E-state index contributed by atoms with van der Waals surface area (Å²) in [5, 5.41) is 17.2. The van der Waals surface area contributed by atoms with Crippen molar-refractivity contribution < 1.29 is 14.7 Å². The van der Waals surface area contributed by atoms with Crippen molar-refractivity contribution in [1.82, 2.24) is 14.8 Å². The number of aromatic nitrogens is 3. The molecule has 188 valence electrons. The van der Waals surface area contributed by atoms with Gasteiger partial charge in [0.1, 0.15) is 5.82 Å². The third kappa shape index (κ3) is 5.18. The lowest BCUT2D eigenvalue weighted by molar-refractivity contribution is -0.125. The quantitative estimate of drug-likeness (QED) is 0.499. The second-order valence-corrected chi connectivity index (χ2v) is 11.0. The number of benzene rings is 1. The van der Waals surface area contributed by atoms with Crippen LogP contribution in [-0.2, 0) is 22.6 Å². The Morgan fingerprint density at radius 1 is 1.22 bits per heavy atom. The van der Waals surface area contributed by atoms with Gasteiger partial charge in [-0.2, -0.15) is 5.10 Å². The molecule has 2 aliphatic rings. The minimum absolute atomic E-state index is 0.176. The number of aliphatic hydroxyl groups is 1. The second kappa shape index (κ2) is 9.17. The number of nitrogens with one attached hydrogen (secondary N) is 1. The minimum atomic E-state index is -0.854. The maximum Gasteiger partial charge on any atom is 0.233 e. The van der Waals surface area contributed by atoms with Crippen LogP contribution in [0.25, 0.3) is 11.1 Å². The summed E-state index contributed by atoms with van der Waals surface area (Å²) in [7, 11) is 0. The van der Waals surface area contributed by atoms with Crippen LogP contribution in [0.15, 0.2) is 55.0 Å². The van der Waals surface area contributed by atoms with Gasteiger partial charge < -0.3 is 15.3 Å². The van der Waals surface area contributed by atoms with Gasteiger partial charge in [-0.05, 0) is 56.2 Å². The predicted octanol–water partition coefficient (Wildman–Crippen LogP) is 4.05. The lowest BCUT2D eigenvalue weighted by Crippen LogP contribution is -2.34. The first-order valence-electron chi connectivity index (χ1n) is 12.5. The van der Waals surface area contributed by atoms with E-state index >= 15 is 0 Å². The van der Waals surface area contributed by atoms with Crippen LogP contribution in [0, 0.1) is 11.3 Å². The average molecular weight is 488 g/mol. The Morgan fingerprint density at radius 2 is 2.03 bits per heavy atom. The zero-order chi connectivity index (χ0) is 25.5. The topological polar surface area (TPSA) is 100 Å². The van der Waals surface area contributed by atoms with Crippen LogP contribution in [-0.4, -0.2) is 43.8 Å². The fraction of sp³-hybridized carbons (Fsp3) is 0.429. The number of pyridine rings is 1. The molecule has 0 spiro atoms. The fourth-order valence-electron chi connectivity index (χ4n) is 5.09. The largest absolute Gasteiger partial charge is 0.389 e. The summed E-state index contributed by atoms with van der Waals surface area (Å²) in [6, 6.07) is 11.4. The Bertz CT molecular complexity index is 1290. The van der Waals surface area contributed by atoms with E-state index in [4.69, 9.17) is 0 Å². The maximum absolute atomic E-state index is 13.1. The molecule has 2 N–H and O–H groups in total. The molecule has 3 heterocycles. The smallest absolute Gasteiger partial charge is 0.233 e. The Kier molecular flexibility index (Phi) is 6.16. The fourth-order valence-corrected chi connectivity index (χ4v) is 5.09. The van der Waals surface area contributed by atoms with Crippen molar-refractivity contribution in [2.45, 2.75) is 58.6 Å². The highest BCUT2D eigenvalue weighted by molar-refractivity contribution is 6.00. The van der Waals surface area contributed by atoms with Crippen molar-refractivity contribution in [2.75, 3.05) is 16.8 Å². The van der Waals surface area contributed by atoms with Crippen LogP contribution < -0.4 is 10.2 Å². The molecule has 0 unspecified atom stereocenters. The lowest BCUT2D eigenvalue weighted by Gasteiger charge is -2.23. The summed E-state index contributed by atoms with van der Waals surface area (Å²) >= 11 is 0. The van der Waals surface area contributed by atoms with Crippen molar-refractivity contribution in [2.24, 2.45) is 11.3 Å². The van der Waals surface area contributed by atoms with Crippen molar-refractivity contribution in [3.05, 3.63) is 60.6 Å². The summed E-state index contributed by atoms with van der Waals surface area (Å²) < 4.78 is 1.71. The van der Waals surface area contributed by atoms with E-state index in [0.29, 0.717) is 24.8 Å². The number of hydrogen-bond acceptors (Lipinski definition) is 5. The average Bonchev–Trinajstić information content (AvgIpc) is 3.51. The third-order valence-corrected chi connectivity index (χ3v) is 7.20. The van der Waals surface area contributed by atoms with Gasteiger partial charge in [0.25, 0.3) is 0 Å². The molecule has 8 nitrogen and oxygen atoms in total. The molecule has 36 heavy (non-hydrogen) atoms. The Labute approximate surface area is 211 Å². The van der Waals surface area contributed by atoms with Crippen molar-refractivity contribution >= 4 is 23.3 Å². The van der Waals surface area contributed by atoms with Crippen LogP contribution in [0.2, 0.25) is 0 Å². The van der Waals surface area contributed by atoms with Crippen LogP contribution >= 0.6 is 0 Å². The highest BCUT2D eigenvalue weighted by atomic mass is 16.3. The number of hydrogen-bond donors (Lipinski definition) is 2. The summed E-state index contributed by atoms with van der Waals surface area (Å²) in [4.78, 5) is 32.0. The van der Waals surface area contributed by atoms with Crippen LogP contribution in [0.1, 0.15) is 45.6 Å². The van der Waals surface area contributed by atoms with Gasteiger partial charge in [0.15, 0.2) is 0 Å². The monoisotopic (exact) mass is 487 g/mol. The second-order valence-electron chi connectivity index (χ2n) is 11.0. The SMILES string of the molecule is CC(C)(O)Cn1cc(-c2cccc(CC(=O)Nc3cc(N4CC[C@@](C)(C5CC5)C4=O)ccn3)c2)cn1. The number of carbonyl (C=O) groups is 2. The molecule has 1 aliphatic heterocycles. The van der Waals surface area contributed by atoms with Crippen LogP contribution in [0.4, 0.5) is 11.5 Å². The third-order valence-electron chi connectivity index (χ3n) is 7.20. The van der Waals surface area contributed by atoms with Gasteiger partial charge in [0.05, 0.1) is 30.2 Å². The molecule has 8 heteroatoms. The van der Waals surface area contributed by atoms with Gasteiger partial charge in [0, 0.05) is 36.3 Å². The number of rotatable bonds is 8. The maximum atomic E-state index is 13.1. The van der Waals surface area contributed by atoms with E-state index in [1.54, 1.807) is 37.0 Å². The summed E-state index contributed by atoms with van der Waals surface area (Å²) in [6.07, 6.45) is 8.62. The molecule has 1 saturated heterocycles. The van der Waals surface area contributed by atoms with Crippen LogP contribution in [0.5, 0.6) is 0 Å². The molecule has 2 aromatic heterocycles. The van der Waals surface area contributed by atoms with Gasteiger partial charge in [0.2, 0.25) is 11.8 Å². The Balaban J connectivity index is 1.24. The number of anilines is 2. The van der Waals surface area contributed by atoms with Crippen molar-refractivity contribution in [1.29, 1.82) is 0 Å². The van der Waals surface area contributed by atoms with E-state index in [2.05, 4.69) is 22.3 Å². The highest BCUT2D eigenvalue weighted by Crippen LogP contribution is 2.51. The number of nitrogens with zero attached hydrogens (tertiary/aromatic N) is 4. The molecule has 3 aromatic rings. The first kappa shape index (κ1) is 24.2. The van der Waals surface area contributed by atoms with Gasteiger partial charge in [-0.25, -0.2) is 4.98 Å². The van der Waals surface area contributed by atoms with E-state index in [9.17, 15) is 14.7 Å². The highest BCUT2D eigenvalue weighted by Gasteiger charge is 2.52. The molecule has 1 aliphatic carbocycles. The molecule has 5 rings (SSSR count). The van der Waals surface area contributed by atoms with E-state index < -0.39 is 5.60 Å². The van der Waals surface area contributed by atoms with Crippen LogP contribution in [0.3, 0.4) is 0 Å². The van der Waals surface area contributed by atoms with Crippen molar-refractivity contribution in [3.63, 3.8) is 0 Å². The molecular formula is C28H33N5O3. The summed E-state index contributed by atoms with van der Waals surface area (Å²) in [5.74, 6) is 0.943. The van der Waals surface area contributed by atoms with E-state index in [-0.39, 0.29) is 23.7 Å². The molecule has 0 radical (unpaired) electrons.